The van der Waals surface area contributed by atoms with Gasteiger partial charge in [-0.15, -0.1) is 0 Å². The topological polar surface area (TPSA) is 99.6 Å². The number of carbonyl (C=O) groups is 3. The molecule has 4 rings (SSSR count). The lowest BCUT2D eigenvalue weighted by molar-refractivity contribution is -0.132. The number of fused-ring (bicyclic) bond motifs is 1. The molecule has 1 atom stereocenters. The zero-order chi connectivity index (χ0) is 25.0. The van der Waals surface area contributed by atoms with E-state index in [4.69, 9.17) is 0 Å². The van der Waals surface area contributed by atoms with Crippen LogP contribution in [0.3, 0.4) is 0 Å². The van der Waals surface area contributed by atoms with Crippen molar-refractivity contribution in [1.29, 1.82) is 0 Å². The van der Waals surface area contributed by atoms with E-state index in [2.05, 4.69) is 20.6 Å². The van der Waals surface area contributed by atoms with E-state index >= 15 is 0 Å². The molecule has 2 aromatic rings. The summed E-state index contributed by atoms with van der Waals surface area (Å²) in [5, 5.41) is 10.0. The van der Waals surface area contributed by atoms with Gasteiger partial charge in [0.15, 0.2) is 5.69 Å². The molecule has 2 N–H and O–H groups in total. The Morgan fingerprint density at radius 1 is 1.11 bits per heavy atom. The average molecular weight is 485 g/mol. The maximum atomic E-state index is 13.1. The van der Waals surface area contributed by atoms with E-state index in [1.165, 1.54) is 47.0 Å². The number of likely N-dealkylation sites (N-methyl/N-ethyl adjacent to an activating group) is 1. The molecular formula is C25H33FN6O3. The van der Waals surface area contributed by atoms with Crippen LogP contribution in [0, 0.1) is 5.82 Å². The van der Waals surface area contributed by atoms with Crippen LogP contribution in [-0.2, 0) is 17.9 Å². The van der Waals surface area contributed by atoms with Crippen LogP contribution in [0.25, 0.3) is 0 Å². The lowest BCUT2D eigenvalue weighted by Gasteiger charge is -2.40. The van der Waals surface area contributed by atoms with Crippen LogP contribution in [0.5, 0.6) is 0 Å². The number of halogens is 1. The summed E-state index contributed by atoms with van der Waals surface area (Å²) in [5.41, 5.74) is -0.0177. The SMILES string of the molecule is CN1C(=O)c2cc(C(=O)NCCCN3CCCCC3)nn2C[C@]1(C)C(=O)NCc1ccc(F)cc1. The third-order valence-electron chi connectivity index (χ3n) is 6.98. The van der Waals surface area contributed by atoms with Crippen LogP contribution >= 0.6 is 0 Å². The monoisotopic (exact) mass is 484 g/mol. The fraction of sp³-hybridized carbons (Fsp3) is 0.520. The highest BCUT2D eigenvalue weighted by Gasteiger charge is 2.46. The highest BCUT2D eigenvalue weighted by Crippen LogP contribution is 2.26. The van der Waals surface area contributed by atoms with E-state index in [0.717, 1.165) is 31.6 Å². The van der Waals surface area contributed by atoms with Crippen molar-refractivity contribution in [1.82, 2.24) is 30.2 Å². The molecule has 2 aliphatic rings. The van der Waals surface area contributed by atoms with Crippen molar-refractivity contribution in [3.8, 4) is 0 Å². The minimum atomic E-state index is -1.20. The Kier molecular flexibility index (Phi) is 7.49. The summed E-state index contributed by atoms with van der Waals surface area (Å²) in [6, 6.07) is 7.33. The zero-order valence-electron chi connectivity index (χ0n) is 20.3. The molecule has 0 aliphatic carbocycles. The molecule has 3 heterocycles. The van der Waals surface area contributed by atoms with E-state index in [1.54, 1.807) is 26.1 Å². The number of hydrogen-bond donors (Lipinski definition) is 2. The maximum Gasteiger partial charge on any atom is 0.272 e. The predicted octanol–water partition coefficient (Wildman–Crippen LogP) is 1.79. The highest BCUT2D eigenvalue weighted by molar-refractivity contribution is 6.01. The van der Waals surface area contributed by atoms with Crippen molar-refractivity contribution < 1.29 is 18.8 Å². The first-order valence-corrected chi connectivity index (χ1v) is 12.2. The number of aromatic nitrogens is 2. The first kappa shape index (κ1) is 24.8. The molecule has 35 heavy (non-hydrogen) atoms. The van der Waals surface area contributed by atoms with Gasteiger partial charge in [0.05, 0.1) is 6.54 Å². The minimum absolute atomic E-state index is 0.113. The van der Waals surface area contributed by atoms with Gasteiger partial charge in [-0.05, 0) is 63.5 Å². The number of nitrogens with zero attached hydrogens (tertiary/aromatic N) is 4. The molecule has 0 saturated carbocycles. The minimum Gasteiger partial charge on any atom is -0.351 e. The molecule has 0 bridgehead atoms. The summed E-state index contributed by atoms with van der Waals surface area (Å²) in [4.78, 5) is 42.5. The Morgan fingerprint density at radius 3 is 2.54 bits per heavy atom. The molecule has 1 aromatic heterocycles. The average Bonchev–Trinajstić information content (AvgIpc) is 3.29. The number of rotatable bonds is 8. The molecule has 2 aliphatic heterocycles. The first-order chi connectivity index (χ1) is 16.8. The van der Waals surface area contributed by atoms with Gasteiger partial charge in [-0.2, -0.15) is 5.10 Å². The number of likely N-dealkylation sites (tertiary alicyclic amines) is 1. The van der Waals surface area contributed by atoms with Crippen LogP contribution in [0.4, 0.5) is 4.39 Å². The second kappa shape index (κ2) is 10.6. The van der Waals surface area contributed by atoms with Crippen molar-refractivity contribution in [2.24, 2.45) is 0 Å². The van der Waals surface area contributed by atoms with Crippen molar-refractivity contribution >= 4 is 17.7 Å². The van der Waals surface area contributed by atoms with Crippen molar-refractivity contribution in [2.75, 3.05) is 33.2 Å². The van der Waals surface area contributed by atoms with Gasteiger partial charge in [-0.3, -0.25) is 19.1 Å². The Labute approximate surface area is 204 Å². The number of nitrogens with one attached hydrogen (secondary N) is 2. The molecule has 1 aromatic carbocycles. The number of piperidine rings is 1. The van der Waals surface area contributed by atoms with Crippen LogP contribution in [-0.4, -0.2) is 76.1 Å². The lowest BCUT2D eigenvalue weighted by atomic mass is 9.96. The van der Waals surface area contributed by atoms with E-state index in [-0.39, 0.29) is 48.0 Å². The Balaban J connectivity index is 1.36. The van der Waals surface area contributed by atoms with Gasteiger partial charge in [0.2, 0.25) is 5.91 Å². The molecule has 188 valence electrons. The van der Waals surface area contributed by atoms with Crippen LogP contribution in [0.1, 0.15) is 59.1 Å². The number of amides is 3. The van der Waals surface area contributed by atoms with Gasteiger partial charge in [-0.1, -0.05) is 18.6 Å². The molecule has 10 heteroatoms. The van der Waals surface area contributed by atoms with Gasteiger partial charge in [0, 0.05) is 26.2 Å². The molecule has 0 unspecified atom stereocenters. The molecule has 0 radical (unpaired) electrons. The summed E-state index contributed by atoms with van der Waals surface area (Å²) in [6.45, 7) is 5.70. The molecule has 1 fully saturated rings. The molecule has 9 nitrogen and oxygen atoms in total. The standard InChI is InChI=1S/C25H33FN6O3/c1-25(24(35)28-16-18-7-9-19(26)10-8-18)17-32-21(23(34)30(25)2)15-20(29-32)22(33)27-11-6-14-31-12-4-3-5-13-31/h7-10,15H,3-6,11-14,16-17H2,1-2H3,(H,27,33)(H,28,35)/t25-/m1/s1. The number of benzene rings is 1. The molecule has 0 spiro atoms. The summed E-state index contributed by atoms with van der Waals surface area (Å²) >= 11 is 0. The lowest BCUT2D eigenvalue weighted by Crippen LogP contribution is -2.62. The first-order valence-electron chi connectivity index (χ1n) is 12.2. The normalized spacial score (nSPS) is 20.4. The van der Waals surface area contributed by atoms with Gasteiger partial charge in [0.1, 0.15) is 17.1 Å². The third kappa shape index (κ3) is 5.53. The Hall–Kier alpha value is -3.27. The zero-order valence-corrected chi connectivity index (χ0v) is 20.3. The number of carbonyl (C=O) groups excluding carboxylic acids is 3. The smallest absolute Gasteiger partial charge is 0.272 e. The van der Waals surface area contributed by atoms with Crippen LogP contribution in [0.2, 0.25) is 0 Å². The Morgan fingerprint density at radius 2 is 1.83 bits per heavy atom. The Bertz CT molecular complexity index is 1080. The highest BCUT2D eigenvalue weighted by atomic mass is 19.1. The summed E-state index contributed by atoms with van der Waals surface area (Å²) < 4.78 is 14.6. The van der Waals surface area contributed by atoms with E-state index < -0.39 is 5.54 Å². The quantitative estimate of drug-likeness (QED) is 0.557. The van der Waals surface area contributed by atoms with Crippen molar-refractivity contribution in [2.45, 2.75) is 51.2 Å². The number of hydrogen-bond acceptors (Lipinski definition) is 5. The van der Waals surface area contributed by atoms with Crippen LogP contribution in [0.15, 0.2) is 30.3 Å². The fourth-order valence-electron chi connectivity index (χ4n) is 4.59. The molecular weight excluding hydrogens is 451 g/mol. The van der Waals surface area contributed by atoms with E-state index in [0.29, 0.717) is 6.54 Å². The van der Waals surface area contributed by atoms with Gasteiger partial charge in [0.25, 0.3) is 11.8 Å². The molecule has 3 amide bonds. The predicted molar refractivity (Wildman–Crippen MR) is 128 cm³/mol. The fourth-order valence-corrected chi connectivity index (χ4v) is 4.59. The third-order valence-corrected chi connectivity index (χ3v) is 6.98. The van der Waals surface area contributed by atoms with Gasteiger partial charge in [-0.25, -0.2) is 4.39 Å². The van der Waals surface area contributed by atoms with Crippen molar-refractivity contribution in [3.05, 3.63) is 53.1 Å². The second-order valence-corrected chi connectivity index (χ2v) is 9.53. The van der Waals surface area contributed by atoms with E-state index in [1.807, 2.05) is 0 Å². The maximum absolute atomic E-state index is 13.1. The largest absolute Gasteiger partial charge is 0.351 e. The summed E-state index contributed by atoms with van der Waals surface area (Å²) in [7, 11) is 1.57. The van der Waals surface area contributed by atoms with Gasteiger partial charge >= 0.3 is 0 Å². The van der Waals surface area contributed by atoms with E-state index in [9.17, 15) is 18.8 Å². The molecule has 1 saturated heterocycles. The van der Waals surface area contributed by atoms with Crippen LogP contribution < -0.4 is 10.6 Å². The summed E-state index contributed by atoms with van der Waals surface area (Å²) in [6.07, 6.45) is 4.62. The second-order valence-electron chi connectivity index (χ2n) is 9.53. The van der Waals surface area contributed by atoms with Gasteiger partial charge < -0.3 is 20.4 Å². The summed E-state index contributed by atoms with van der Waals surface area (Å²) in [5.74, 6) is -1.42. The van der Waals surface area contributed by atoms with Crippen molar-refractivity contribution in [3.63, 3.8) is 0 Å².